The molecular weight excluding hydrogens is 422 g/mol. The van der Waals surface area contributed by atoms with Crippen LogP contribution in [-0.4, -0.2) is 31.0 Å². The first-order chi connectivity index (χ1) is 16.5. The predicted molar refractivity (Wildman–Crippen MR) is 140 cm³/mol. The Bertz CT molecular complexity index is 746. The molecule has 0 aromatic heterocycles. The molecule has 1 N–H and O–H groups in total. The number of nitrogens with zero attached hydrogens (tertiary/aromatic N) is 3. The van der Waals surface area contributed by atoms with Crippen molar-refractivity contribution in [1.82, 2.24) is 0 Å². The van der Waals surface area contributed by atoms with Crippen molar-refractivity contribution in [2.45, 2.75) is 118 Å². The van der Waals surface area contributed by atoms with Crippen molar-refractivity contribution < 1.29 is 9.84 Å². The summed E-state index contributed by atoms with van der Waals surface area (Å²) in [7, 11) is 0. The quantitative estimate of drug-likeness (QED) is 0.120. The number of fused-ring (bicyclic) bond motifs is 4. The second-order valence-corrected chi connectivity index (χ2v) is 11.7. The van der Waals surface area contributed by atoms with Crippen molar-refractivity contribution in [2.75, 3.05) is 19.8 Å². The summed E-state index contributed by atoms with van der Waals surface area (Å²) in [6.45, 7) is 13.0. The highest BCUT2D eigenvalue weighted by Crippen LogP contribution is 2.66. The van der Waals surface area contributed by atoms with Crippen LogP contribution in [0.15, 0.2) is 16.3 Å². The molecule has 0 bridgehead atoms. The Morgan fingerprint density at radius 1 is 1.15 bits per heavy atom. The summed E-state index contributed by atoms with van der Waals surface area (Å²) in [6.07, 6.45) is 15.1. The van der Waals surface area contributed by atoms with Gasteiger partial charge in [-0.15, -0.1) is 0 Å². The van der Waals surface area contributed by atoms with Gasteiger partial charge in [0.1, 0.15) is 0 Å². The molecule has 0 radical (unpaired) electrons. The van der Waals surface area contributed by atoms with Gasteiger partial charge in [0.25, 0.3) is 0 Å². The Morgan fingerprint density at radius 3 is 2.68 bits per heavy atom. The zero-order valence-corrected chi connectivity index (χ0v) is 22.7. The fourth-order valence-electron chi connectivity index (χ4n) is 8.66. The van der Waals surface area contributed by atoms with Crippen LogP contribution >= 0.6 is 0 Å². The van der Waals surface area contributed by atoms with Crippen molar-refractivity contribution in [2.24, 2.45) is 39.6 Å². The maximum atomic E-state index is 9.42. The zero-order chi connectivity index (χ0) is 24.8. The SMILES string of the molecule is CC.C[C@H](CCCO)C1CCC2C3=C(C[C@H](OCCCN=[N+]=[N-])[C@@]21C)[C@@]1(C)CCCCC1CC3. The smallest absolute Gasteiger partial charge is 0.0674 e. The average molecular weight is 474 g/mol. The standard InChI is InChI=1S/C27H45N3O2.C2H6/c1-19(8-6-16-31)22-12-13-23-21-11-10-20-9-4-5-14-26(20,2)24(21)18-25(27(22,23)3)32-17-7-15-29-30-28;1-2/h19-20,22-23,25,31H,4-18H2,1-3H3;1-2H3/t19-,20?,22?,23?,25+,26+,27-;/m1./s1. The van der Waals surface area contributed by atoms with E-state index in [0.29, 0.717) is 42.9 Å². The number of hydrogen-bond donors (Lipinski definition) is 1. The third-order valence-corrected chi connectivity index (χ3v) is 10.3. The van der Waals surface area contributed by atoms with Crippen molar-refractivity contribution >= 4 is 0 Å². The summed E-state index contributed by atoms with van der Waals surface area (Å²) in [5.74, 6) is 2.81. The highest BCUT2D eigenvalue weighted by Gasteiger charge is 2.59. The van der Waals surface area contributed by atoms with E-state index >= 15 is 0 Å². The zero-order valence-electron chi connectivity index (χ0n) is 22.7. The van der Waals surface area contributed by atoms with E-state index in [-0.39, 0.29) is 11.5 Å². The van der Waals surface area contributed by atoms with Crippen molar-refractivity contribution in [3.63, 3.8) is 0 Å². The molecule has 4 aliphatic carbocycles. The molecule has 4 aliphatic rings. The van der Waals surface area contributed by atoms with E-state index in [1.54, 1.807) is 5.57 Å². The van der Waals surface area contributed by atoms with Gasteiger partial charge in [-0.05, 0) is 98.8 Å². The summed E-state index contributed by atoms with van der Waals surface area (Å²) in [6, 6.07) is 0. The van der Waals surface area contributed by atoms with E-state index in [9.17, 15) is 5.11 Å². The molecule has 194 valence electrons. The molecule has 7 atom stereocenters. The summed E-state index contributed by atoms with van der Waals surface area (Å²) >= 11 is 0. The van der Waals surface area contributed by atoms with E-state index in [1.165, 1.54) is 51.4 Å². The van der Waals surface area contributed by atoms with Gasteiger partial charge in [0.2, 0.25) is 0 Å². The summed E-state index contributed by atoms with van der Waals surface area (Å²) in [4.78, 5) is 2.90. The van der Waals surface area contributed by atoms with E-state index < -0.39 is 0 Å². The van der Waals surface area contributed by atoms with Crippen LogP contribution in [0.25, 0.3) is 10.4 Å². The van der Waals surface area contributed by atoms with E-state index in [0.717, 1.165) is 31.6 Å². The number of ether oxygens (including phenoxy) is 1. The molecule has 34 heavy (non-hydrogen) atoms. The van der Waals surface area contributed by atoms with Crippen LogP contribution in [0.1, 0.15) is 112 Å². The molecular formula is C29H51N3O2. The van der Waals surface area contributed by atoms with Crippen LogP contribution in [0.3, 0.4) is 0 Å². The maximum Gasteiger partial charge on any atom is 0.0674 e. The fraction of sp³-hybridized carbons (Fsp3) is 0.931. The number of azide groups is 1. The molecule has 4 rings (SSSR count). The van der Waals surface area contributed by atoms with Crippen LogP contribution in [-0.2, 0) is 4.74 Å². The van der Waals surface area contributed by atoms with Gasteiger partial charge in [-0.2, -0.15) is 0 Å². The lowest BCUT2D eigenvalue weighted by molar-refractivity contribution is -0.0922. The van der Waals surface area contributed by atoms with E-state index in [1.807, 2.05) is 19.4 Å². The minimum Gasteiger partial charge on any atom is -0.396 e. The van der Waals surface area contributed by atoms with E-state index in [2.05, 4.69) is 30.8 Å². The van der Waals surface area contributed by atoms with Crippen LogP contribution in [0.5, 0.6) is 0 Å². The maximum absolute atomic E-state index is 9.42. The highest BCUT2D eigenvalue weighted by molar-refractivity contribution is 5.36. The van der Waals surface area contributed by atoms with Crippen LogP contribution in [0.2, 0.25) is 0 Å². The molecule has 0 amide bonds. The number of rotatable bonds is 9. The molecule has 0 aliphatic heterocycles. The van der Waals surface area contributed by atoms with Crippen molar-refractivity contribution in [1.29, 1.82) is 0 Å². The number of aliphatic hydroxyl groups excluding tert-OH is 1. The highest BCUT2D eigenvalue weighted by atomic mass is 16.5. The van der Waals surface area contributed by atoms with Gasteiger partial charge in [-0.1, -0.05) is 63.7 Å². The Balaban J connectivity index is 0.00000158. The lowest BCUT2D eigenvalue weighted by atomic mass is 9.50. The Kier molecular flexibility index (Phi) is 9.95. The minimum absolute atomic E-state index is 0.185. The second kappa shape index (κ2) is 12.3. The lowest BCUT2D eigenvalue weighted by Gasteiger charge is -2.57. The average Bonchev–Trinajstić information content (AvgIpc) is 3.21. The first-order valence-electron chi connectivity index (χ1n) is 14.4. The molecule has 5 heteroatoms. The number of hydrogen-bond acceptors (Lipinski definition) is 3. The first-order valence-corrected chi connectivity index (χ1v) is 14.4. The third kappa shape index (κ3) is 5.08. The molecule has 2 fully saturated rings. The minimum atomic E-state index is 0.185. The normalized spacial score (nSPS) is 37.5. The molecule has 0 aromatic rings. The Morgan fingerprint density at radius 2 is 1.94 bits per heavy atom. The molecule has 0 heterocycles. The van der Waals surface area contributed by atoms with Gasteiger partial charge >= 0.3 is 0 Å². The van der Waals surface area contributed by atoms with Crippen LogP contribution in [0.4, 0.5) is 0 Å². The van der Waals surface area contributed by atoms with Crippen LogP contribution < -0.4 is 0 Å². The molecule has 3 unspecified atom stereocenters. The van der Waals surface area contributed by atoms with Gasteiger partial charge in [0, 0.05) is 30.1 Å². The Hall–Kier alpha value is -1.03. The van der Waals surface area contributed by atoms with Crippen molar-refractivity contribution in [3.05, 3.63) is 21.6 Å². The van der Waals surface area contributed by atoms with Crippen molar-refractivity contribution in [3.8, 4) is 0 Å². The Labute approximate surface area is 208 Å². The van der Waals surface area contributed by atoms with Gasteiger partial charge in [-0.3, -0.25) is 0 Å². The summed E-state index contributed by atoms with van der Waals surface area (Å²) < 4.78 is 6.74. The first kappa shape index (κ1) is 27.6. The largest absolute Gasteiger partial charge is 0.396 e. The summed E-state index contributed by atoms with van der Waals surface area (Å²) in [5.41, 5.74) is 12.8. The van der Waals surface area contributed by atoms with E-state index in [4.69, 9.17) is 10.3 Å². The molecule has 5 nitrogen and oxygen atoms in total. The molecule has 0 aromatic carbocycles. The van der Waals surface area contributed by atoms with Gasteiger partial charge < -0.3 is 9.84 Å². The second-order valence-electron chi connectivity index (χ2n) is 11.7. The lowest BCUT2D eigenvalue weighted by Crippen LogP contribution is -2.51. The number of aliphatic hydroxyl groups is 1. The molecule has 0 spiro atoms. The third-order valence-electron chi connectivity index (χ3n) is 10.3. The monoisotopic (exact) mass is 473 g/mol. The summed E-state index contributed by atoms with van der Waals surface area (Å²) in [5, 5.41) is 13.1. The molecule has 0 saturated heterocycles. The fourth-order valence-corrected chi connectivity index (χ4v) is 8.66. The predicted octanol–water partition coefficient (Wildman–Crippen LogP) is 8.23. The number of allylic oxidation sites excluding steroid dienone is 1. The van der Waals surface area contributed by atoms with Gasteiger partial charge in [0.05, 0.1) is 6.10 Å². The molecule has 2 saturated carbocycles. The van der Waals surface area contributed by atoms with Crippen LogP contribution in [0, 0.1) is 34.5 Å². The van der Waals surface area contributed by atoms with Gasteiger partial charge in [-0.25, -0.2) is 0 Å². The topological polar surface area (TPSA) is 78.2 Å². The van der Waals surface area contributed by atoms with Gasteiger partial charge in [0.15, 0.2) is 0 Å².